The molecule has 3 saturated heterocycles. The minimum absolute atomic E-state index is 0.0698. The largest absolute Gasteiger partial charge is 0.369 e. The highest BCUT2D eigenvalue weighted by molar-refractivity contribution is 5.89. The fourth-order valence-corrected chi connectivity index (χ4v) is 5.02. The Labute approximate surface area is 160 Å². The lowest BCUT2D eigenvalue weighted by Gasteiger charge is -2.29. The molecular weight excluding hydrogens is 342 g/mol. The van der Waals surface area contributed by atoms with E-state index in [-0.39, 0.29) is 23.6 Å². The molecule has 6 heteroatoms. The van der Waals surface area contributed by atoms with E-state index in [1.807, 2.05) is 35.2 Å². The Morgan fingerprint density at radius 2 is 2.07 bits per heavy atom. The van der Waals surface area contributed by atoms with Crippen LogP contribution in [0.1, 0.15) is 33.1 Å². The molecule has 3 amide bonds. The molecule has 6 nitrogen and oxygen atoms in total. The molecule has 1 spiro atoms. The Morgan fingerprint density at radius 3 is 2.81 bits per heavy atom. The first-order chi connectivity index (χ1) is 13.0. The van der Waals surface area contributed by atoms with E-state index in [1.54, 1.807) is 0 Å². The van der Waals surface area contributed by atoms with E-state index in [1.165, 1.54) is 0 Å². The molecule has 3 fully saturated rings. The number of benzene rings is 1. The first-order valence-corrected chi connectivity index (χ1v) is 10.0. The van der Waals surface area contributed by atoms with Gasteiger partial charge >= 0.3 is 6.03 Å². The molecule has 146 valence electrons. The maximum atomic E-state index is 12.7. The van der Waals surface area contributed by atoms with E-state index in [0.717, 1.165) is 18.5 Å². The van der Waals surface area contributed by atoms with Gasteiger partial charge in [-0.05, 0) is 30.9 Å². The molecule has 2 bridgehead atoms. The van der Waals surface area contributed by atoms with Crippen molar-refractivity contribution in [1.82, 2.24) is 10.2 Å². The van der Waals surface area contributed by atoms with Crippen molar-refractivity contribution >= 4 is 17.6 Å². The van der Waals surface area contributed by atoms with Gasteiger partial charge in [-0.15, -0.1) is 0 Å². The number of nitrogens with zero attached hydrogens (tertiary/aromatic N) is 1. The molecular formula is C21H29N3O3. The number of urea groups is 1. The highest BCUT2D eigenvalue weighted by Crippen LogP contribution is 2.54. The Bertz CT molecular complexity index is 708. The van der Waals surface area contributed by atoms with Crippen molar-refractivity contribution in [3.8, 4) is 0 Å². The molecule has 3 aliphatic rings. The van der Waals surface area contributed by atoms with Crippen LogP contribution in [0, 0.1) is 17.8 Å². The van der Waals surface area contributed by atoms with Gasteiger partial charge in [-0.1, -0.05) is 32.0 Å². The summed E-state index contributed by atoms with van der Waals surface area (Å²) in [4.78, 5) is 26.6. The smallest absolute Gasteiger partial charge is 0.321 e. The Balaban J connectivity index is 1.38. The first kappa shape index (κ1) is 18.3. The second-order valence-corrected chi connectivity index (χ2v) is 8.61. The van der Waals surface area contributed by atoms with Crippen molar-refractivity contribution in [2.75, 3.05) is 25.0 Å². The number of hydrogen-bond acceptors (Lipinski definition) is 3. The van der Waals surface area contributed by atoms with Crippen molar-refractivity contribution in [2.24, 2.45) is 17.8 Å². The van der Waals surface area contributed by atoms with Crippen molar-refractivity contribution in [2.45, 2.75) is 44.8 Å². The van der Waals surface area contributed by atoms with Gasteiger partial charge in [0.15, 0.2) is 0 Å². The van der Waals surface area contributed by atoms with Crippen molar-refractivity contribution in [3.05, 3.63) is 30.3 Å². The normalized spacial score (nSPS) is 31.2. The number of nitrogens with one attached hydrogen (secondary N) is 2. The zero-order chi connectivity index (χ0) is 19.0. The fraction of sp³-hybridized carbons (Fsp3) is 0.619. The SMILES string of the molecule is CC(C)CC(=O)NC[C@H]1[C@H]2CN(C(=O)Nc3ccccc3)C[C@]23CC[C@H]1O3. The Hall–Kier alpha value is -2.08. The second-order valence-electron chi connectivity index (χ2n) is 8.61. The molecule has 0 unspecified atom stereocenters. The molecule has 2 N–H and O–H groups in total. The highest BCUT2D eigenvalue weighted by Gasteiger charge is 2.63. The number of hydrogen-bond donors (Lipinski definition) is 2. The average Bonchev–Trinajstić information content (AvgIpc) is 3.28. The minimum Gasteiger partial charge on any atom is -0.369 e. The molecule has 4 atom stereocenters. The summed E-state index contributed by atoms with van der Waals surface area (Å²) in [5.74, 6) is 1.07. The molecule has 0 radical (unpaired) electrons. The first-order valence-electron chi connectivity index (χ1n) is 10.0. The average molecular weight is 371 g/mol. The molecule has 3 heterocycles. The van der Waals surface area contributed by atoms with Crippen molar-refractivity contribution < 1.29 is 14.3 Å². The zero-order valence-corrected chi connectivity index (χ0v) is 16.1. The van der Waals surface area contributed by atoms with Crippen LogP contribution in [0.5, 0.6) is 0 Å². The summed E-state index contributed by atoms with van der Waals surface area (Å²) in [5.41, 5.74) is 0.589. The molecule has 27 heavy (non-hydrogen) atoms. The predicted octanol–water partition coefficient (Wildman–Crippen LogP) is 2.86. The van der Waals surface area contributed by atoms with Gasteiger partial charge in [0.05, 0.1) is 18.2 Å². The van der Waals surface area contributed by atoms with E-state index in [2.05, 4.69) is 24.5 Å². The summed E-state index contributed by atoms with van der Waals surface area (Å²) < 4.78 is 6.37. The van der Waals surface area contributed by atoms with Gasteiger partial charge in [-0.2, -0.15) is 0 Å². The summed E-state index contributed by atoms with van der Waals surface area (Å²) in [5, 5.41) is 6.07. The van der Waals surface area contributed by atoms with Crippen LogP contribution in [-0.2, 0) is 9.53 Å². The number of likely N-dealkylation sites (tertiary alicyclic amines) is 1. The number of carbonyl (C=O) groups excluding carboxylic acids is 2. The molecule has 3 aliphatic heterocycles. The van der Waals surface area contributed by atoms with Crippen LogP contribution in [0.3, 0.4) is 0 Å². The third-order valence-corrected chi connectivity index (χ3v) is 6.22. The number of fused-ring (bicyclic) bond motifs is 1. The number of rotatable bonds is 5. The van der Waals surface area contributed by atoms with Crippen LogP contribution in [0.15, 0.2) is 30.3 Å². The summed E-state index contributed by atoms with van der Waals surface area (Å²) in [7, 11) is 0. The van der Waals surface area contributed by atoms with Gasteiger partial charge in [0.25, 0.3) is 0 Å². The van der Waals surface area contributed by atoms with Crippen molar-refractivity contribution in [3.63, 3.8) is 0 Å². The minimum atomic E-state index is -0.216. The molecule has 1 aromatic carbocycles. The number of ether oxygens (including phenoxy) is 1. The lowest BCUT2D eigenvalue weighted by Crippen LogP contribution is -2.42. The van der Waals surface area contributed by atoms with Crippen LogP contribution >= 0.6 is 0 Å². The summed E-state index contributed by atoms with van der Waals surface area (Å²) in [6.07, 6.45) is 2.80. The van der Waals surface area contributed by atoms with E-state index < -0.39 is 0 Å². The van der Waals surface area contributed by atoms with Crippen LogP contribution in [0.4, 0.5) is 10.5 Å². The summed E-state index contributed by atoms with van der Waals surface area (Å²) in [6, 6.07) is 9.46. The van der Waals surface area contributed by atoms with Crippen LogP contribution in [0.25, 0.3) is 0 Å². The zero-order valence-electron chi connectivity index (χ0n) is 16.1. The number of carbonyl (C=O) groups is 2. The fourth-order valence-electron chi connectivity index (χ4n) is 5.02. The summed E-state index contributed by atoms with van der Waals surface area (Å²) >= 11 is 0. The monoisotopic (exact) mass is 371 g/mol. The quantitative estimate of drug-likeness (QED) is 0.836. The second kappa shape index (κ2) is 7.15. The van der Waals surface area contributed by atoms with E-state index in [0.29, 0.717) is 43.8 Å². The number of para-hydroxylation sites is 1. The molecule has 1 aromatic rings. The van der Waals surface area contributed by atoms with Crippen LogP contribution in [0.2, 0.25) is 0 Å². The van der Waals surface area contributed by atoms with Gasteiger partial charge in [0.1, 0.15) is 0 Å². The van der Waals surface area contributed by atoms with Crippen LogP contribution < -0.4 is 10.6 Å². The maximum Gasteiger partial charge on any atom is 0.321 e. The van der Waals surface area contributed by atoms with E-state index >= 15 is 0 Å². The van der Waals surface area contributed by atoms with Gasteiger partial charge in [0, 0.05) is 37.0 Å². The van der Waals surface area contributed by atoms with Gasteiger partial charge in [0.2, 0.25) is 5.91 Å². The van der Waals surface area contributed by atoms with Crippen molar-refractivity contribution in [1.29, 1.82) is 0 Å². The standard InChI is InChI=1S/C21H29N3O3/c1-14(2)10-19(25)22-11-16-17-12-24(13-21(17)9-8-18(16)27-21)20(26)23-15-6-4-3-5-7-15/h3-7,14,16-18H,8-13H2,1-2H3,(H,22,25)(H,23,26)/t16-,17+,18+,21+/m0/s1. The molecule has 0 aromatic heterocycles. The Kier molecular flexibility index (Phi) is 4.84. The number of amides is 3. The lowest BCUT2D eigenvalue weighted by atomic mass is 9.73. The third-order valence-electron chi connectivity index (χ3n) is 6.22. The maximum absolute atomic E-state index is 12.7. The van der Waals surface area contributed by atoms with Gasteiger partial charge < -0.3 is 20.3 Å². The highest BCUT2D eigenvalue weighted by atomic mass is 16.5. The van der Waals surface area contributed by atoms with Crippen LogP contribution in [-0.4, -0.2) is 48.2 Å². The predicted molar refractivity (Wildman–Crippen MR) is 103 cm³/mol. The molecule has 0 aliphatic carbocycles. The molecule has 4 rings (SSSR count). The van der Waals surface area contributed by atoms with Gasteiger partial charge in [-0.3, -0.25) is 4.79 Å². The van der Waals surface area contributed by atoms with Gasteiger partial charge in [-0.25, -0.2) is 4.79 Å². The lowest BCUT2D eigenvalue weighted by molar-refractivity contribution is -0.122. The van der Waals surface area contributed by atoms with E-state index in [9.17, 15) is 9.59 Å². The van der Waals surface area contributed by atoms with E-state index in [4.69, 9.17) is 4.74 Å². The summed E-state index contributed by atoms with van der Waals surface area (Å²) in [6.45, 7) is 6.09. The molecule has 0 saturated carbocycles. The number of anilines is 1. The third kappa shape index (κ3) is 3.55. The topological polar surface area (TPSA) is 70.7 Å². The Morgan fingerprint density at radius 1 is 1.30 bits per heavy atom.